The summed E-state index contributed by atoms with van der Waals surface area (Å²) >= 11 is 0. The Morgan fingerprint density at radius 3 is 2.73 bits per heavy atom. The minimum absolute atomic E-state index is 0.137. The van der Waals surface area contributed by atoms with Crippen LogP contribution in [0.1, 0.15) is 5.56 Å². The lowest BCUT2D eigenvalue weighted by atomic mass is 10.1. The molecule has 5 nitrogen and oxygen atoms in total. The highest BCUT2D eigenvalue weighted by Crippen LogP contribution is 2.34. The molecule has 0 aromatic heterocycles. The molecule has 0 aliphatic carbocycles. The second-order valence-electron chi connectivity index (χ2n) is 3.21. The van der Waals surface area contributed by atoms with E-state index in [2.05, 4.69) is 0 Å². The molecule has 1 aliphatic rings. The maximum atomic E-state index is 11.7. The van der Waals surface area contributed by atoms with Gasteiger partial charge in [-0.1, -0.05) is 18.2 Å². The molecular weight excluding hydrogens is 196 g/mol. The van der Waals surface area contributed by atoms with Crippen LogP contribution in [0.5, 0.6) is 0 Å². The van der Waals surface area contributed by atoms with Gasteiger partial charge >= 0.3 is 0 Å². The Labute approximate surface area is 85.8 Å². The molecule has 15 heavy (non-hydrogen) atoms. The summed E-state index contributed by atoms with van der Waals surface area (Å²) < 4.78 is 0. The second-order valence-corrected chi connectivity index (χ2v) is 3.21. The average molecular weight is 204 g/mol. The van der Waals surface area contributed by atoms with Crippen molar-refractivity contribution in [3.05, 3.63) is 46.1 Å². The highest BCUT2D eigenvalue weighted by Gasteiger charge is 2.31. The number of amides is 1. The van der Waals surface area contributed by atoms with E-state index in [9.17, 15) is 14.9 Å². The fourth-order valence-electron chi connectivity index (χ4n) is 1.63. The molecule has 76 valence electrons. The van der Waals surface area contributed by atoms with Crippen molar-refractivity contribution in [3.63, 3.8) is 0 Å². The van der Waals surface area contributed by atoms with Crippen molar-refractivity contribution in [1.29, 1.82) is 0 Å². The van der Waals surface area contributed by atoms with Gasteiger partial charge in [0.15, 0.2) is 0 Å². The maximum absolute atomic E-state index is 11.7. The zero-order valence-corrected chi connectivity index (χ0v) is 8.01. The lowest BCUT2D eigenvalue weighted by Crippen LogP contribution is -2.20. The summed E-state index contributed by atoms with van der Waals surface area (Å²) in [6.45, 7) is 0. The number of nitrogens with zero attached hydrogens (tertiary/aromatic N) is 2. The lowest BCUT2D eigenvalue weighted by molar-refractivity contribution is -0.401. The van der Waals surface area contributed by atoms with Gasteiger partial charge in [0.05, 0.1) is 10.6 Å². The van der Waals surface area contributed by atoms with Gasteiger partial charge in [0.1, 0.15) is 5.57 Å². The van der Waals surface area contributed by atoms with Gasteiger partial charge in [0.25, 0.3) is 5.91 Å². The van der Waals surface area contributed by atoms with E-state index in [0.29, 0.717) is 11.3 Å². The molecule has 2 rings (SSSR count). The van der Waals surface area contributed by atoms with E-state index in [1.807, 2.05) is 0 Å². The summed E-state index contributed by atoms with van der Waals surface area (Å²) in [5.74, 6) is -0.340. The molecule has 5 heteroatoms. The molecule has 1 heterocycles. The van der Waals surface area contributed by atoms with Gasteiger partial charge in [-0.15, -0.1) is 0 Å². The van der Waals surface area contributed by atoms with Crippen molar-refractivity contribution >= 4 is 17.2 Å². The quantitative estimate of drug-likeness (QED) is 0.393. The Bertz CT molecular complexity index is 479. The number of para-hydroxylation sites is 1. The molecule has 0 radical (unpaired) electrons. The van der Waals surface area contributed by atoms with Gasteiger partial charge in [-0.2, -0.15) is 0 Å². The summed E-state index contributed by atoms with van der Waals surface area (Å²) in [4.78, 5) is 22.8. The minimum atomic E-state index is -0.608. The van der Waals surface area contributed by atoms with Crippen LogP contribution in [0.3, 0.4) is 0 Å². The fourth-order valence-corrected chi connectivity index (χ4v) is 1.63. The fraction of sp³-hybridized carbons (Fsp3) is 0.100. The SMILES string of the molecule is CN1C(=O)/C(=C/[N+](=O)[O-])c2ccccc21. The summed E-state index contributed by atoms with van der Waals surface area (Å²) in [5.41, 5.74) is 1.45. The minimum Gasteiger partial charge on any atom is -0.311 e. The molecule has 0 bridgehead atoms. The molecular formula is C10H8N2O3. The number of benzene rings is 1. The first-order valence-electron chi connectivity index (χ1n) is 4.34. The van der Waals surface area contributed by atoms with E-state index >= 15 is 0 Å². The van der Waals surface area contributed by atoms with Crippen LogP contribution < -0.4 is 4.90 Å². The number of nitro groups is 1. The van der Waals surface area contributed by atoms with Crippen LogP contribution in [-0.2, 0) is 4.79 Å². The van der Waals surface area contributed by atoms with Crippen LogP contribution in [0.15, 0.2) is 30.5 Å². The largest absolute Gasteiger partial charge is 0.311 e. The number of hydrogen-bond acceptors (Lipinski definition) is 3. The predicted octanol–water partition coefficient (Wildman–Crippen LogP) is 1.28. The molecule has 0 saturated carbocycles. The normalized spacial score (nSPS) is 17.0. The average Bonchev–Trinajstić information content (AvgIpc) is 2.44. The zero-order chi connectivity index (χ0) is 11.0. The Balaban J connectivity index is 2.61. The van der Waals surface area contributed by atoms with Crippen molar-refractivity contribution in [1.82, 2.24) is 0 Å². The highest BCUT2D eigenvalue weighted by atomic mass is 16.6. The zero-order valence-electron chi connectivity index (χ0n) is 8.01. The third-order valence-electron chi connectivity index (χ3n) is 2.33. The number of fused-ring (bicyclic) bond motifs is 1. The Kier molecular flexibility index (Phi) is 2.00. The van der Waals surface area contributed by atoms with E-state index in [1.165, 1.54) is 4.90 Å². The smallest absolute Gasteiger partial charge is 0.265 e. The van der Waals surface area contributed by atoms with Crippen LogP contribution >= 0.6 is 0 Å². The van der Waals surface area contributed by atoms with Crippen molar-refractivity contribution in [2.24, 2.45) is 0 Å². The molecule has 1 aliphatic heterocycles. The van der Waals surface area contributed by atoms with Gasteiger partial charge in [-0.25, -0.2) is 0 Å². The van der Waals surface area contributed by atoms with Crippen LogP contribution in [0.4, 0.5) is 5.69 Å². The molecule has 0 saturated heterocycles. The Morgan fingerprint density at radius 1 is 1.40 bits per heavy atom. The topological polar surface area (TPSA) is 63.5 Å². The van der Waals surface area contributed by atoms with Crippen molar-refractivity contribution in [2.45, 2.75) is 0 Å². The highest BCUT2D eigenvalue weighted by molar-refractivity contribution is 6.32. The molecule has 0 fully saturated rings. The second kappa shape index (κ2) is 3.20. The van der Waals surface area contributed by atoms with Gasteiger partial charge < -0.3 is 4.90 Å². The Hall–Kier alpha value is -2.17. The molecule has 0 atom stereocenters. The van der Waals surface area contributed by atoms with Crippen molar-refractivity contribution in [2.75, 3.05) is 11.9 Å². The van der Waals surface area contributed by atoms with Gasteiger partial charge in [-0.3, -0.25) is 14.9 Å². The van der Waals surface area contributed by atoms with E-state index < -0.39 is 4.92 Å². The van der Waals surface area contributed by atoms with E-state index in [-0.39, 0.29) is 11.5 Å². The molecule has 0 N–H and O–H groups in total. The van der Waals surface area contributed by atoms with Gasteiger partial charge in [0, 0.05) is 12.6 Å². The molecule has 0 unspecified atom stereocenters. The lowest BCUT2D eigenvalue weighted by Gasteiger charge is -2.07. The first-order chi connectivity index (χ1) is 7.11. The number of carbonyl (C=O) groups excluding carboxylic acids is 1. The monoisotopic (exact) mass is 204 g/mol. The molecule has 1 aromatic rings. The number of anilines is 1. The van der Waals surface area contributed by atoms with Crippen molar-refractivity contribution in [3.8, 4) is 0 Å². The number of likely N-dealkylation sites (N-methyl/N-ethyl adjacent to an activating group) is 1. The van der Waals surface area contributed by atoms with E-state index in [1.54, 1.807) is 31.3 Å². The van der Waals surface area contributed by atoms with Crippen LogP contribution in [-0.4, -0.2) is 17.9 Å². The third-order valence-corrected chi connectivity index (χ3v) is 2.33. The predicted molar refractivity (Wildman–Crippen MR) is 54.8 cm³/mol. The van der Waals surface area contributed by atoms with Gasteiger partial charge in [0.2, 0.25) is 6.20 Å². The summed E-state index contributed by atoms with van der Waals surface area (Å²) in [5, 5.41) is 10.4. The van der Waals surface area contributed by atoms with Crippen LogP contribution in [0, 0.1) is 10.1 Å². The molecule has 1 amide bonds. The van der Waals surface area contributed by atoms with E-state index in [0.717, 1.165) is 6.20 Å². The van der Waals surface area contributed by atoms with Gasteiger partial charge in [-0.05, 0) is 6.07 Å². The summed E-state index contributed by atoms with van der Waals surface area (Å²) in [6.07, 6.45) is 0.755. The van der Waals surface area contributed by atoms with E-state index in [4.69, 9.17) is 0 Å². The number of hydrogen-bond donors (Lipinski definition) is 0. The first-order valence-corrected chi connectivity index (χ1v) is 4.34. The maximum Gasteiger partial charge on any atom is 0.265 e. The standard InChI is InChI=1S/C10H8N2O3/c1-11-9-5-3-2-4-7(9)8(10(11)13)6-12(14)15/h2-6H,1H3/b8-6+. The third kappa shape index (κ3) is 1.38. The molecule has 0 spiro atoms. The Morgan fingerprint density at radius 2 is 2.07 bits per heavy atom. The van der Waals surface area contributed by atoms with Crippen LogP contribution in [0.25, 0.3) is 5.57 Å². The van der Waals surface area contributed by atoms with Crippen molar-refractivity contribution < 1.29 is 9.72 Å². The number of carbonyl (C=O) groups is 1. The summed E-state index contributed by atoms with van der Waals surface area (Å²) in [7, 11) is 1.60. The number of rotatable bonds is 1. The molecule has 1 aromatic carbocycles. The summed E-state index contributed by atoms with van der Waals surface area (Å²) in [6, 6.07) is 7.00. The first kappa shape index (κ1) is 9.39. The van der Waals surface area contributed by atoms with Crippen LogP contribution in [0.2, 0.25) is 0 Å².